The van der Waals surface area contributed by atoms with Crippen molar-refractivity contribution in [2.45, 2.75) is 6.73 Å². The van der Waals surface area contributed by atoms with Gasteiger partial charge in [0, 0.05) is 4.47 Å². The Bertz CT molecular complexity index is 883. The van der Waals surface area contributed by atoms with Gasteiger partial charge in [-0.1, -0.05) is 28.1 Å². The molecule has 0 fully saturated rings. The first kappa shape index (κ1) is 18.2. The fourth-order valence-electron chi connectivity index (χ4n) is 2.20. The molecule has 0 saturated heterocycles. The van der Waals surface area contributed by atoms with Crippen molar-refractivity contribution in [2.24, 2.45) is 0 Å². The Morgan fingerprint density at radius 2 is 1.92 bits per heavy atom. The molecule has 3 aromatic rings. The fourth-order valence-corrected chi connectivity index (χ4v) is 2.69. The average Bonchev–Trinajstić information content (AvgIpc) is 3.09. The number of nitrogens with zero attached hydrogens (tertiary/aromatic N) is 2. The van der Waals surface area contributed by atoms with Crippen LogP contribution in [0.15, 0.2) is 65.4 Å². The largest absolute Gasteiger partial charge is 0.495 e. The van der Waals surface area contributed by atoms with Gasteiger partial charge in [0.25, 0.3) is 0 Å². The minimum atomic E-state index is 0.302. The number of thiocarbonyl (C=S) groups is 1. The summed E-state index contributed by atoms with van der Waals surface area (Å²) in [6.07, 6.45) is 3.50. The van der Waals surface area contributed by atoms with E-state index in [1.165, 1.54) is 0 Å². The summed E-state index contributed by atoms with van der Waals surface area (Å²) in [5, 5.41) is 10.9. The number of para-hydroxylation sites is 2. The van der Waals surface area contributed by atoms with E-state index in [4.69, 9.17) is 21.7 Å². The minimum absolute atomic E-state index is 0.302. The quantitative estimate of drug-likeness (QED) is 0.559. The second-order valence-corrected chi connectivity index (χ2v) is 6.60. The lowest BCUT2D eigenvalue weighted by Gasteiger charge is -2.12. The zero-order valence-corrected chi connectivity index (χ0v) is 16.4. The summed E-state index contributed by atoms with van der Waals surface area (Å²) in [7, 11) is 1.62. The molecule has 1 aromatic heterocycles. The summed E-state index contributed by atoms with van der Waals surface area (Å²) >= 11 is 8.73. The van der Waals surface area contributed by atoms with Crippen LogP contribution in [0.2, 0.25) is 0 Å². The van der Waals surface area contributed by atoms with E-state index in [-0.39, 0.29) is 0 Å². The maximum atomic E-state index is 5.68. The van der Waals surface area contributed by atoms with Crippen LogP contribution in [0.3, 0.4) is 0 Å². The molecule has 0 radical (unpaired) electrons. The van der Waals surface area contributed by atoms with E-state index in [2.05, 4.69) is 31.7 Å². The number of halogens is 1. The smallest absolute Gasteiger partial charge is 0.180 e. The fraction of sp³-hybridized carbons (Fsp3) is 0.111. The normalized spacial score (nSPS) is 10.2. The number of aromatic nitrogens is 2. The minimum Gasteiger partial charge on any atom is -0.495 e. The topological polar surface area (TPSA) is 60.3 Å². The molecule has 6 nitrogen and oxygen atoms in total. The van der Waals surface area contributed by atoms with E-state index in [1.54, 1.807) is 18.0 Å². The monoisotopic (exact) mass is 432 g/mol. The number of methoxy groups -OCH3 is 1. The number of hydrogen-bond donors (Lipinski definition) is 2. The molecule has 0 amide bonds. The molecule has 26 heavy (non-hydrogen) atoms. The van der Waals surface area contributed by atoms with E-state index in [0.717, 1.165) is 27.3 Å². The van der Waals surface area contributed by atoms with Gasteiger partial charge < -0.3 is 20.1 Å². The Kier molecular flexibility index (Phi) is 6.08. The molecule has 0 unspecified atom stereocenters. The van der Waals surface area contributed by atoms with Crippen LogP contribution >= 0.6 is 28.1 Å². The van der Waals surface area contributed by atoms with Crippen LogP contribution in [0.5, 0.6) is 11.5 Å². The second-order valence-electron chi connectivity index (χ2n) is 5.28. The van der Waals surface area contributed by atoms with Gasteiger partial charge in [0.2, 0.25) is 0 Å². The molecule has 0 aliphatic rings. The predicted octanol–water partition coefficient (Wildman–Crippen LogP) is 4.50. The third kappa shape index (κ3) is 4.96. The van der Waals surface area contributed by atoms with Crippen LogP contribution in [-0.2, 0) is 6.73 Å². The van der Waals surface area contributed by atoms with E-state index in [0.29, 0.717) is 11.8 Å². The van der Waals surface area contributed by atoms with E-state index in [9.17, 15) is 0 Å². The molecule has 8 heteroatoms. The van der Waals surface area contributed by atoms with Crippen molar-refractivity contribution in [2.75, 3.05) is 17.7 Å². The number of ether oxygens (including phenoxy) is 2. The van der Waals surface area contributed by atoms with Crippen LogP contribution in [0.1, 0.15) is 0 Å². The molecule has 2 aromatic carbocycles. The molecule has 0 aliphatic heterocycles. The highest BCUT2D eigenvalue weighted by molar-refractivity contribution is 9.10. The number of benzene rings is 2. The van der Waals surface area contributed by atoms with Crippen molar-refractivity contribution < 1.29 is 9.47 Å². The van der Waals surface area contributed by atoms with Gasteiger partial charge in [0.1, 0.15) is 11.5 Å². The molecule has 0 atom stereocenters. The molecule has 134 valence electrons. The molecule has 0 aliphatic carbocycles. The zero-order chi connectivity index (χ0) is 18.4. The van der Waals surface area contributed by atoms with Crippen molar-refractivity contribution in [1.29, 1.82) is 0 Å². The lowest BCUT2D eigenvalue weighted by Crippen LogP contribution is -2.19. The third-order valence-corrected chi connectivity index (χ3v) is 4.16. The SMILES string of the molecule is COc1ccccc1NC(=S)Nc1cnn(COc2ccc(Br)cc2)c1. The zero-order valence-electron chi connectivity index (χ0n) is 14.0. The van der Waals surface area contributed by atoms with Crippen molar-refractivity contribution >= 4 is 44.6 Å². The first-order chi connectivity index (χ1) is 12.6. The summed E-state index contributed by atoms with van der Waals surface area (Å²) in [5.74, 6) is 1.49. The lowest BCUT2D eigenvalue weighted by molar-refractivity contribution is 0.221. The summed E-state index contributed by atoms with van der Waals surface area (Å²) < 4.78 is 13.7. The second kappa shape index (κ2) is 8.68. The van der Waals surface area contributed by atoms with E-state index >= 15 is 0 Å². The summed E-state index contributed by atoms with van der Waals surface area (Å²) in [6, 6.07) is 15.2. The number of hydrogen-bond acceptors (Lipinski definition) is 4. The van der Waals surface area contributed by atoms with Gasteiger partial charge in [-0.3, -0.25) is 0 Å². The summed E-state index contributed by atoms with van der Waals surface area (Å²) in [4.78, 5) is 0. The molecule has 0 spiro atoms. The Morgan fingerprint density at radius 1 is 1.15 bits per heavy atom. The van der Waals surface area contributed by atoms with E-state index < -0.39 is 0 Å². The Labute approximate surface area is 165 Å². The molecule has 3 rings (SSSR count). The van der Waals surface area contributed by atoms with Gasteiger partial charge in [-0.15, -0.1) is 0 Å². The lowest BCUT2D eigenvalue weighted by atomic mass is 10.3. The van der Waals surface area contributed by atoms with Crippen molar-refractivity contribution in [3.63, 3.8) is 0 Å². The number of nitrogens with one attached hydrogen (secondary N) is 2. The highest BCUT2D eigenvalue weighted by atomic mass is 79.9. The Hall–Kier alpha value is -2.58. The van der Waals surface area contributed by atoms with Gasteiger partial charge in [-0.05, 0) is 48.6 Å². The van der Waals surface area contributed by atoms with Crippen LogP contribution in [-0.4, -0.2) is 22.0 Å². The van der Waals surface area contributed by atoms with Crippen molar-refractivity contribution in [3.05, 3.63) is 65.4 Å². The van der Waals surface area contributed by atoms with Crippen LogP contribution in [0.4, 0.5) is 11.4 Å². The van der Waals surface area contributed by atoms with Crippen LogP contribution in [0, 0.1) is 0 Å². The highest BCUT2D eigenvalue weighted by Gasteiger charge is 2.06. The van der Waals surface area contributed by atoms with Gasteiger partial charge in [0.05, 0.1) is 30.9 Å². The molecular formula is C18H17BrN4O2S. The predicted molar refractivity (Wildman–Crippen MR) is 110 cm³/mol. The number of anilines is 2. The average molecular weight is 433 g/mol. The van der Waals surface area contributed by atoms with Gasteiger partial charge >= 0.3 is 0 Å². The molecular weight excluding hydrogens is 416 g/mol. The first-order valence-corrected chi connectivity index (χ1v) is 8.96. The third-order valence-electron chi connectivity index (χ3n) is 3.42. The van der Waals surface area contributed by atoms with E-state index in [1.807, 2.05) is 54.7 Å². The van der Waals surface area contributed by atoms with Crippen molar-refractivity contribution in [1.82, 2.24) is 9.78 Å². The summed E-state index contributed by atoms with van der Waals surface area (Å²) in [5.41, 5.74) is 1.55. The Morgan fingerprint density at radius 3 is 2.69 bits per heavy atom. The molecule has 0 saturated carbocycles. The van der Waals surface area contributed by atoms with Crippen LogP contribution < -0.4 is 20.1 Å². The maximum Gasteiger partial charge on any atom is 0.180 e. The standard InChI is InChI=1S/C18H17BrN4O2S/c1-24-17-5-3-2-4-16(17)22-18(26)21-14-10-20-23(11-14)12-25-15-8-6-13(19)7-9-15/h2-11H,12H2,1H3,(H2,21,22,26). The highest BCUT2D eigenvalue weighted by Crippen LogP contribution is 2.23. The first-order valence-electron chi connectivity index (χ1n) is 7.76. The van der Waals surface area contributed by atoms with Crippen LogP contribution in [0.25, 0.3) is 0 Å². The molecule has 1 heterocycles. The molecule has 2 N–H and O–H groups in total. The Balaban J connectivity index is 1.54. The maximum absolute atomic E-state index is 5.68. The van der Waals surface area contributed by atoms with Gasteiger partial charge in [-0.25, -0.2) is 4.68 Å². The summed E-state index contributed by atoms with van der Waals surface area (Å²) in [6.45, 7) is 0.302. The van der Waals surface area contributed by atoms with Crippen molar-refractivity contribution in [3.8, 4) is 11.5 Å². The molecule has 0 bridgehead atoms. The van der Waals surface area contributed by atoms with Gasteiger partial charge in [0.15, 0.2) is 11.8 Å². The van der Waals surface area contributed by atoms with Gasteiger partial charge in [-0.2, -0.15) is 5.10 Å². The number of rotatable bonds is 6.